The van der Waals surface area contributed by atoms with Crippen LogP contribution in [-0.2, 0) is 19.4 Å². The van der Waals surface area contributed by atoms with E-state index in [1.165, 1.54) is 16.9 Å². The summed E-state index contributed by atoms with van der Waals surface area (Å²) in [6.07, 6.45) is 4.70. The summed E-state index contributed by atoms with van der Waals surface area (Å²) in [5, 5.41) is 3.70. The molecular formula is C22H25N3O2S. The Kier molecular flexibility index (Phi) is 5.31. The maximum absolute atomic E-state index is 12.9. The molecule has 2 aromatic heterocycles. The highest BCUT2D eigenvalue weighted by Gasteiger charge is 2.23. The van der Waals surface area contributed by atoms with Crippen LogP contribution in [0.15, 0.2) is 35.1 Å². The molecule has 1 atom stereocenters. The van der Waals surface area contributed by atoms with Gasteiger partial charge in [-0.05, 0) is 50.7 Å². The van der Waals surface area contributed by atoms with Gasteiger partial charge in [-0.2, -0.15) is 0 Å². The van der Waals surface area contributed by atoms with Gasteiger partial charge in [0, 0.05) is 19.0 Å². The molecule has 0 saturated carbocycles. The largest absolute Gasteiger partial charge is 0.349 e. The molecule has 0 fully saturated rings. The fourth-order valence-corrected chi connectivity index (χ4v) is 4.93. The van der Waals surface area contributed by atoms with Crippen molar-refractivity contribution in [2.45, 2.75) is 58.5 Å². The highest BCUT2D eigenvalue weighted by atomic mass is 32.1. The van der Waals surface area contributed by atoms with Gasteiger partial charge in [-0.1, -0.05) is 30.3 Å². The van der Waals surface area contributed by atoms with Crippen LogP contribution in [0.25, 0.3) is 10.2 Å². The molecule has 0 unspecified atom stereocenters. The minimum Gasteiger partial charge on any atom is -0.349 e. The van der Waals surface area contributed by atoms with Crippen molar-refractivity contribution in [3.05, 3.63) is 62.5 Å². The van der Waals surface area contributed by atoms with Crippen LogP contribution >= 0.6 is 11.3 Å². The summed E-state index contributed by atoms with van der Waals surface area (Å²) in [5.41, 5.74) is 2.03. The molecule has 1 N–H and O–H groups in total. The summed E-state index contributed by atoms with van der Waals surface area (Å²) in [6.45, 7) is 4.61. The Labute approximate surface area is 168 Å². The number of aryl methyl sites for hydroxylation is 3. The van der Waals surface area contributed by atoms with Crippen LogP contribution in [0.4, 0.5) is 0 Å². The maximum atomic E-state index is 12.9. The number of carbonyl (C=O) groups excluding carboxylic acids is 1. The number of thiophene rings is 1. The van der Waals surface area contributed by atoms with E-state index in [0.717, 1.165) is 50.0 Å². The molecule has 0 aliphatic carbocycles. The molecule has 0 bridgehead atoms. The number of nitrogens with zero attached hydrogens (tertiary/aromatic N) is 2. The second-order valence-corrected chi connectivity index (χ2v) is 8.58. The predicted octanol–water partition coefficient (Wildman–Crippen LogP) is 3.85. The van der Waals surface area contributed by atoms with Gasteiger partial charge in [0.15, 0.2) is 0 Å². The Morgan fingerprint density at radius 3 is 2.86 bits per heavy atom. The van der Waals surface area contributed by atoms with Gasteiger partial charge < -0.3 is 5.32 Å². The SMILES string of the molecule is Cc1c(C(=O)N[C@@H](C)CCc2ccccc2)sc2nc3n(c(=O)c12)CCCC3. The molecule has 0 saturated heterocycles. The summed E-state index contributed by atoms with van der Waals surface area (Å²) < 4.78 is 1.79. The molecule has 1 amide bonds. The Morgan fingerprint density at radius 2 is 2.07 bits per heavy atom. The molecule has 1 aliphatic rings. The van der Waals surface area contributed by atoms with Crippen molar-refractivity contribution in [1.29, 1.82) is 0 Å². The molecule has 28 heavy (non-hydrogen) atoms. The standard InChI is InChI=1S/C22H25N3O2S/c1-14(11-12-16-8-4-3-5-9-16)23-20(26)19-15(2)18-21(28-19)24-17-10-6-7-13-25(17)22(18)27/h3-5,8-9,14H,6-7,10-13H2,1-2H3,(H,23,26)/t14-/m0/s1. The van der Waals surface area contributed by atoms with E-state index in [2.05, 4.69) is 17.4 Å². The van der Waals surface area contributed by atoms with Gasteiger partial charge in [0.05, 0.1) is 10.3 Å². The smallest absolute Gasteiger partial charge is 0.262 e. The number of fused-ring (bicyclic) bond motifs is 2. The van der Waals surface area contributed by atoms with Crippen molar-refractivity contribution >= 4 is 27.5 Å². The molecule has 1 aromatic carbocycles. The summed E-state index contributed by atoms with van der Waals surface area (Å²) in [4.78, 5) is 31.8. The molecular weight excluding hydrogens is 370 g/mol. The Hall–Kier alpha value is -2.47. The number of hydrogen-bond acceptors (Lipinski definition) is 4. The van der Waals surface area contributed by atoms with E-state index in [1.54, 1.807) is 4.57 Å². The topological polar surface area (TPSA) is 64.0 Å². The third kappa shape index (κ3) is 3.61. The van der Waals surface area contributed by atoms with Crippen molar-refractivity contribution in [3.8, 4) is 0 Å². The lowest BCUT2D eigenvalue weighted by molar-refractivity contribution is 0.0942. The molecule has 6 heteroatoms. The van der Waals surface area contributed by atoms with Crippen LogP contribution in [0.2, 0.25) is 0 Å². The van der Waals surface area contributed by atoms with Crippen LogP contribution in [0.3, 0.4) is 0 Å². The third-order valence-corrected chi connectivity index (χ3v) is 6.64. The van der Waals surface area contributed by atoms with E-state index >= 15 is 0 Å². The van der Waals surface area contributed by atoms with Gasteiger partial charge in [0.1, 0.15) is 10.7 Å². The van der Waals surface area contributed by atoms with Gasteiger partial charge in [-0.3, -0.25) is 14.2 Å². The van der Waals surface area contributed by atoms with E-state index in [-0.39, 0.29) is 17.5 Å². The quantitative estimate of drug-likeness (QED) is 0.714. The maximum Gasteiger partial charge on any atom is 0.262 e. The number of aromatic nitrogens is 2. The van der Waals surface area contributed by atoms with Crippen molar-refractivity contribution in [1.82, 2.24) is 14.9 Å². The highest BCUT2D eigenvalue weighted by Crippen LogP contribution is 2.28. The van der Waals surface area contributed by atoms with Gasteiger partial charge >= 0.3 is 0 Å². The summed E-state index contributed by atoms with van der Waals surface area (Å²) in [7, 11) is 0. The second-order valence-electron chi connectivity index (χ2n) is 7.58. The van der Waals surface area contributed by atoms with E-state index < -0.39 is 0 Å². The first kappa shape index (κ1) is 18.9. The predicted molar refractivity (Wildman–Crippen MR) is 113 cm³/mol. The van der Waals surface area contributed by atoms with Crippen molar-refractivity contribution in [2.75, 3.05) is 0 Å². The minimum absolute atomic E-state index is 0.00428. The minimum atomic E-state index is -0.108. The normalized spacial score (nSPS) is 14.6. The number of carbonyl (C=O) groups is 1. The zero-order chi connectivity index (χ0) is 19.7. The van der Waals surface area contributed by atoms with Crippen molar-refractivity contribution < 1.29 is 4.79 Å². The van der Waals surface area contributed by atoms with Gasteiger partial charge in [-0.15, -0.1) is 11.3 Å². The monoisotopic (exact) mass is 395 g/mol. The van der Waals surface area contributed by atoms with E-state index in [0.29, 0.717) is 15.1 Å². The van der Waals surface area contributed by atoms with E-state index in [4.69, 9.17) is 4.98 Å². The molecule has 1 aliphatic heterocycles. The van der Waals surface area contributed by atoms with Crippen molar-refractivity contribution in [3.63, 3.8) is 0 Å². The van der Waals surface area contributed by atoms with Crippen LogP contribution in [0.5, 0.6) is 0 Å². The van der Waals surface area contributed by atoms with E-state index in [1.807, 2.05) is 32.0 Å². The van der Waals surface area contributed by atoms with E-state index in [9.17, 15) is 9.59 Å². The highest BCUT2D eigenvalue weighted by molar-refractivity contribution is 7.20. The summed E-state index contributed by atoms with van der Waals surface area (Å²) in [6, 6.07) is 10.3. The van der Waals surface area contributed by atoms with Gasteiger partial charge in [0.25, 0.3) is 11.5 Å². The lowest BCUT2D eigenvalue weighted by Crippen LogP contribution is -2.32. The molecule has 146 valence electrons. The number of rotatable bonds is 5. The average molecular weight is 396 g/mol. The van der Waals surface area contributed by atoms with Crippen LogP contribution in [-0.4, -0.2) is 21.5 Å². The first-order chi connectivity index (χ1) is 13.5. The average Bonchev–Trinajstić information content (AvgIpc) is 3.04. The third-order valence-electron chi connectivity index (χ3n) is 5.45. The van der Waals surface area contributed by atoms with Gasteiger partial charge in [0.2, 0.25) is 0 Å². The number of amides is 1. The fourth-order valence-electron chi connectivity index (χ4n) is 3.84. The first-order valence-electron chi connectivity index (χ1n) is 9.92. The summed E-state index contributed by atoms with van der Waals surface area (Å²) >= 11 is 1.34. The second kappa shape index (κ2) is 7.87. The summed E-state index contributed by atoms with van der Waals surface area (Å²) in [5.74, 6) is 0.747. The Balaban J connectivity index is 1.53. The van der Waals surface area contributed by atoms with Crippen molar-refractivity contribution in [2.24, 2.45) is 0 Å². The molecule has 3 aromatic rings. The lowest BCUT2D eigenvalue weighted by Gasteiger charge is -2.16. The number of nitrogens with one attached hydrogen (secondary N) is 1. The number of benzene rings is 1. The zero-order valence-electron chi connectivity index (χ0n) is 16.3. The number of hydrogen-bond donors (Lipinski definition) is 1. The Morgan fingerprint density at radius 1 is 1.29 bits per heavy atom. The van der Waals surface area contributed by atoms with Gasteiger partial charge in [-0.25, -0.2) is 4.98 Å². The molecule has 3 heterocycles. The lowest BCUT2D eigenvalue weighted by atomic mass is 10.1. The fraction of sp³-hybridized carbons (Fsp3) is 0.409. The molecule has 4 rings (SSSR count). The molecule has 5 nitrogen and oxygen atoms in total. The van der Waals surface area contributed by atoms with Crippen LogP contribution in [0.1, 0.15) is 52.8 Å². The molecule has 0 radical (unpaired) electrons. The van der Waals surface area contributed by atoms with Crippen LogP contribution < -0.4 is 10.9 Å². The van der Waals surface area contributed by atoms with Crippen LogP contribution in [0, 0.1) is 6.92 Å². The first-order valence-corrected chi connectivity index (χ1v) is 10.7. The molecule has 0 spiro atoms. The zero-order valence-corrected chi connectivity index (χ0v) is 17.1. The Bertz CT molecular complexity index is 1070.